The first-order valence-electron chi connectivity index (χ1n) is 44.0. The van der Waals surface area contributed by atoms with Crippen LogP contribution in [0.4, 0.5) is 0 Å². The number of carboxylic acid groups (broad SMARTS) is 2. The van der Waals surface area contributed by atoms with Crippen LogP contribution in [0.1, 0.15) is 146 Å². The number of carbonyl (C=O) groups is 15. The lowest BCUT2D eigenvalue weighted by Crippen LogP contribution is -2.61. The molecule has 0 radical (unpaired) electrons. The Bertz CT molecular complexity index is 4420. The molecule has 744 valence electrons. The molecule has 2 aromatic carbocycles. The van der Waals surface area contributed by atoms with Gasteiger partial charge in [-0.1, -0.05) is 51.9 Å². The van der Waals surface area contributed by atoms with Crippen molar-refractivity contribution < 1.29 is 87.2 Å². The quantitative estimate of drug-likeness (QED) is 0.0108. The highest BCUT2D eigenvalue weighted by molar-refractivity contribution is 8.76. The Morgan fingerprint density at radius 1 is 0.440 bits per heavy atom. The number of hydrogen-bond acceptors (Lipinski definition) is 27. The zero-order chi connectivity index (χ0) is 99.2. The minimum atomic E-state index is -1.89. The number of nitrogens with one attached hydrogen (secondary N) is 24. The van der Waals surface area contributed by atoms with Gasteiger partial charge in [-0.2, -0.15) is 0 Å². The number of aromatic amines is 1. The largest absolute Gasteiger partial charge is 0.508 e. The molecule has 1 saturated heterocycles. The highest BCUT2D eigenvalue weighted by Gasteiger charge is 2.39. The van der Waals surface area contributed by atoms with Gasteiger partial charge >= 0.3 is 11.9 Å². The molecule has 13 atom stereocenters. The second kappa shape index (κ2) is 62.2. The first-order valence-corrected chi connectivity index (χ1v) is 46.5. The molecule has 4 rings (SSSR count). The number of guanidine groups is 5. The normalized spacial score (nSPS) is 19.8. The molecular weight excluding hydrogens is 1790 g/mol. The van der Waals surface area contributed by atoms with Gasteiger partial charge in [-0.05, 0) is 177 Å². The van der Waals surface area contributed by atoms with E-state index < -0.39 is 228 Å². The molecule has 134 heavy (non-hydrogen) atoms. The Kier molecular flexibility index (Phi) is 52.5. The smallest absolute Gasteiger partial charge is 0.326 e. The lowest BCUT2D eigenvalue weighted by Gasteiger charge is -2.28. The molecule has 1 aliphatic heterocycles. The number of para-hydroxylation sites is 1. The monoisotopic (exact) mass is 1920 g/mol. The number of carbonyl (C=O) groups excluding carboxylic acids is 13. The molecule has 1 fully saturated rings. The molecule has 0 aliphatic carbocycles. The van der Waals surface area contributed by atoms with E-state index in [9.17, 15) is 58.5 Å². The summed E-state index contributed by atoms with van der Waals surface area (Å²) in [5.74, 6) is -20.2. The van der Waals surface area contributed by atoms with Crippen LogP contribution in [-0.4, -0.2) is 288 Å². The van der Waals surface area contributed by atoms with Crippen molar-refractivity contribution in [1.82, 2.24) is 101 Å². The minimum absolute atomic E-state index is 0.00213. The number of amides is 13. The van der Waals surface area contributed by atoms with E-state index in [0.717, 1.165) is 21.6 Å². The zero-order valence-electron chi connectivity index (χ0n) is 74.7. The van der Waals surface area contributed by atoms with Crippen LogP contribution >= 0.6 is 21.6 Å². The summed E-state index contributed by atoms with van der Waals surface area (Å²) in [4.78, 5) is 222. The van der Waals surface area contributed by atoms with Gasteiger partial charge < -0.3 is 168 Å². The van der Waals surface area contributed by atoms with E-state index in [0.29, 0.717) is 29.3 Å². The minimum Gasteiger partial charge on any atom is -0.508 e. The zero-order valence-corrected chi connectivity index (χ0v) is 76.4. The van der Waals surface area contributed by atoms with Crippen LogP contribution in [0.25, 0.3) is 10.9 Å². The number of fused-ring (bicyclic) bond motifs is 1. The highest BCUT2D eigenvalue weighted by atomic mass is 33.1. The van der Waals surface area contributed by atoms with Gasteiger partial charge in [0.2, 0.25) is 76.8 Å². The van der Waals surface area contributed by atoms with E-state index in [1.165, 1.54) is 24.3 Å². The average molecular weight is 1920 g/mol. The molecule has 1 aliphatic rings. The van der Waals surface area contributed by atoms with Crippen molar-refractivity contribution in [3.8, 4) is 5.75 Å². The van der Waals surface area contributed by atoms with Crippen molar-refractivity contribution in [3.05, 3.63) is 65.9 Å². The van der Waals surface area contributed by atoms with Gasteiger partial charge in [-0.3, -0.25) is 94.2 Å². The van der Waals surface area contributed by atoms with Crippen LogP contribution < -0.4 is 147 Å². The predicted octanol–water partition coefficient (Wildman–Crippen LogP) is -8.03. The fraction of sp³-hybridized carbons (Fsp3) is 0.580. The summed E-state index contributed by atoms with van der Waals surface area (Å²) in [6.45, 7) is -0.626. The Labute approximate surface area is 782 Å². The molecule has 1 aromatic heterocycles. The number of aliphatic carboxylic acids is 2. The van der Waals surface area contributed by atoms with Gasteiger partial charge in [0.05, 0.1) is 12.6 Å². The SMILES string of the molecule is N=C(N)NCCC[C@H](NC(=O)[C@@H]1CSSC[C@H](NC(=O)[C@H](Cc2c[nH]c3ccccc23)NC(=O)[C@H](CCCNC(=N)N)NC(=O)[C@@H](N)CCCNC(=N)N)C(=O)N[C@@H](Cc2ccc(O)cc2)C(=O)N[C@@H](CCCNC(=N)N)C(=O)N[C@@H](CCCCN)C(=O)N[C@@H](CCCCN)C(=O)NCC(=O)N[C@@H](CCC(=O)O)C(=O)N[C@@H](CCCNC(=N)N)C(=O)N[C@@H](CCCCN)C(=O)N1)C(=O)O. The molecule has 51 nitrogen and oxygen atoms in total. The number of unbranched alkanes of at least 4 members (excludes halogenated alkanes) is 3. The maximum Gasteiger partial charge on any atom is 0.326 e. The molecule has 0 saturated carbocycles. The third kappa shape index (κ3) is 44.8. The molecule has 0 spiro atoms. The molecule has 53 heteroatoms. The average Bonchev–Trinajstić information content (AvgIpc) is 1.67. The number of H-pyrrole nitrogens is 1. The van der Waals surface area contributed by atoms with Crippen molar-refractivity contribution >= 4 is 151 Å². The second-order valence-corrected chi connectivity index (χ2v) is 34.2. The van der Waals surface area contributed by atoms with Crippen molar-refractivity contribution in [3.63, 3.8) is 0 Å². The number of nitrogens with two attached hydrogens (primary N) is 9. The van der Waals surface area contributed by atoms with Crippen LogP contribution in [-0.2, 0) is 84.8 Å². The highest BCUT2D eigenvalue weighted by Crippen LogP contribution is 2.26. The van der Waals surface area contributed by atoms with Crippen molar-refractivity contribution in [2.75, 3.05) is 70.4 Å². The van der Waals surface area contributed by atoms with E-state index >= 15 is 28.8 Å². The summed E-state index contributed by atoms with van der Waals surface area (Å²) in [6, 6.07) is -9.16. The van der Waals surface area contributed by atoms with E-state index in [1.807, 2.05) is 0 Å². The number of rotatable bonds is 48. The fourth-order valence-electron chi connectivity index (χ4n) is 13.6. The van der Waals surface area contributed by atoms with Crippen LogP contribution in [0.5, 0.6) is 5.75 Å². The number of hydrogen-bond donors (Lipinski definition) is 36. The molecule has 3 aromatic rings. The first-order chi connectivity index (χ1) is 63.8. The molecule has 2 heterocycles. The van der Waals surface area contributed by atoms with Crippen LogP contribution in [0.15, 0.2) is 54.7 Å². The number of aromatic hydroxyl groups is 1. The summed E-state index contributed by atoms with van der Waals surface area (Å²) in [5.41, 5.74) is 53.0. The number of benzene rings is 2. The summed E-state index contributed by atoms with van der Waals surface area (Å²) < 4.78 is 0. The van der Waals surface area contributed by atoms with Gasteiger partial charge in [0.15, 0.2) is 29.8 Å². The predicted molar refractivity (Wildman–Crippen MR) is 502 cm³/mol. The third-order valence-corrected chi connectivity index (χ3v) is 23.2. The third-order valence-electron chi connectivity index (χ3n) is 20.8. The van der Waals surface area contributed by atoms with E-state index in [4.69, 9.17) is 78.6 Å². The van der Waals surface area contributed by atoms with Gasteiger partial charge in [0.25, 0.3) is 0 Å². The Hall–Kier alpha value is -13.3. The number of aromatic nitrogens is 1. The van der Waals surface area contributed by atoms with Gasteiger partial charge in [0, 0.05) is 80.6 Å². The van der Waals surface area contributed by atoms with E-state index in [-0.39, 0.29) is 185 Å². The van der Waals surface area contributed by atoms with Gasteiger partial charge in [-0.15, -0.1) is 0 Å². The summed E-state index contributed by atoms with van der Waals surface area (Å²) in [6.07, 6.45) is -0.589. The maximum absolute atomic E-state index is 15.9. The van der Waals surface area contributed by atoms with E-state index in [2.05, 4.69) is 101 Å². The van der Waals surface area contributed by atoms with E-state index in [1.54, 1.807) is 30.5 Å². The Morgan fingerprint density at radius 3 is 1.34 bits per heavy atom. The van der Waals surface area contributed by atoms with Crippen molar-refractivity contribution in [2.45, 2.75) is 226 Å². The summed E-state index contributed by atoms with van der Waals surface area (Å²) >= 11 is 0. The lowest BCUT2D eigenvalue weighted by atomic mass is 10.0. The van der Waals surface area contributed by atoms with Gasteiger partial charge in [0.1, 0.15) is 78.3 Å². The molecule has 0 bridgehead atoms. The Morgan fingerprint density at radius 2 is 0.858 bits per heavy atom. The lowest BCUT2D eigenvalue weighted by molar-refractivity contribution is -0.142. The summed E-state index contributed by atoms with van der Waals surface area (Å²) in [7, 11) is 1.49. The van der Waals surface area contributed by atoms with Crippen molar-refractivity contribution in [1.29, 1.82) is 27.0 Å². The van der Waals surface area contributed by atoms with Crippen LogP contribution in [0.2, 0.25) is 0 Å². The number of phenolic OH excluding ortho intramolecular Hbond substituents is 1. The fourth-order valence-corrected chi connectivity index (χ4v) is 15.9. The maximum atomic E-state index is 15.9. The molecule has 45 N–H and O–H groups in total. The molecular formula is C81H135N33O18S2. The van der Waals surface area contributed by atoms with Crippen LogP contribution in [0, 0.1) is 27.0 Å². The second-order valence-electron chi connectivity index (χ2n) is 31.7. The first kappa shape index (κ1) is 113. The molecule has 0 unspecified atom stereocenters. The topological polar surface area (TPSA) is 903 Å². The standard InChI is InChI=1S/C81H135N33O18S2/c82-30-6-3-17-50-65(120)102-41-62(116)103-56(28-29-63(117)118)71(126)108-54(21-11-35-98-79(90)91)67(122)107-52(19-5-8-32-84)70(125)113-60(74(129)110-57(76(131)132)23-13-37-100-81(94)95)42-133-134-43-61(75(130)111-58(38-44-24-26-46(115)27-25-44)72(127)109-55(22-12-36-99-80(92)93)68(123)106-51(66(121)105-50)18-4-7-31-83)114-73(128)59(39-45-40-101-49-16-2-1-14-47(45)49)112-69(124)53(20-10-34-97-78(88)89)104-64(119)48(85)15-9-33-96-77(86)87/h1-2,14,16,24-27,40,48,50-61,101,115H,3-13,15,17-23,28-39,41-43,82-85H2,(H,102,120)(H,103,116)(H,104,119)(H,105,121)(H,106,123)(H,107,122)(H,108,126)(H,109,127)(H,110,129)(H,111,130)(H,112,124)(H,113,125)(H,114,128)(H,117,118)(H,131,132)(H4,86,87,96)(H4,88,89,97)(H4,90,91,98)(H4,92,93,99)(H4,94,95,100)/t48-,50-,51-,52-,53-,54-,55-,56-,57-,58-,59-,60-,61-/m0/s1. The van der Waals surface area contributed by atoms with Crippen molar-refractivity contribution in [2.24, 2.45) is 51.6 Å². The Balaban J connectivity index is 2.11. The molecule has 13 amide bonds. The van der Waals surface area contributed by atoms with Gasteiger partial charge in [-0.25, -0.2) is 4.79 Å². The summed E-state index contributed by atoms with van der Waals surface area (Å²) in [5, 5.41) is 117. The van der Waals surface area contributed by atoms with Crippen LogP contribution in [0.3, 0.4) is 0 Å². The number of phenols is 1. The number of carboxylic acids is 2.